The van der Waals surface area contributed by atoms with Crippen LogP contribution in [0.4, 0.5) is 10.1 Å². The van der Waals surface area contributed by atoms with Gasteiger partial charge in [0.05, 0.1) is 31.0 Å². The van der Waals surface area contributed by atoms with Crippen LogP contribution in [0, 0.1) is 5.82 Å². The quantitative estimate of drug-likeness (QED) is 0.384. The fourth-order valence-electron chi connectivity index (χ4n) is 4.97. The highest BCUT2D eigenvalue weighted by Gasteiger charge is 2.25. The minimum Gasteiger partial charge on any atom is -0.493 e. The fraction of sp³-hybridized carbons (Fsp3) is 0.448. The van der Waals surface area contributed by atoms with Crippen LogP contribution in [0.5, 0.6) is 17.2 Å². The van der Waals surface area contributed by atoms with Crippen molar-refractivity contribution in [1.82, 2.24) is 5.32 Å². The van der Waals surface area contributed by atoms with Crippen LogP contribution in [0.15, 0.2) is 41.5 Å². The van der Waals surface area contributed by atoms with Crippen molar-refractivity contribution >= 4 is 29.1 Å². The first kappa shape index (κ1) is 27.8. The molecular weight excluding hydrogens is 511 g/mol. The molecule has 0 bridgehead atoms. The van der Waals surface area contributed by atoms with Gasteiger partial charge in [-0.2, -0.15) is 0 Å². The maximum atomic E-state index is 14.7. The van der Waals surface area contributed by atoms with E-state index in [0.717, 1.165) is 50.2 Å². The predicted octanol–water partition coefficient (Wildman–Crippen LogP) is 5.99. The summed E-state index contributed by atoms with van der Waals surface area (Å²) in [6, 6.07) is 8.19. The molecule has 0 unspecified atom stereocenters. The SMILES string of the molecule is COc1ccc(CCNC(=O)C2=C(C(=O)Nc3cc(OC4CCCC4)c(Cl)cc3F)CCCC2)cc1OC. The summed E-state index contributed by atoms with van der Waals surface area (Å²) >= 11 is 6.20. The van der Waals surface area contributed by atoms with Gasteiger partial charge in [0.2, 0.25) is 5.91 Å². The van der Waals surface area contributed by atoms with Crippen molar-refractivity contribution in [3.63, 3.8) is 0 Å². The van der Waals surface area contributed by atoms with E-state index in [2.05, 4.69) is 10.6 Å². The van der Waals surface area contributed by atoms with Crippen molar-refractivity contribution in [2.24, 2.45) is 0 Å². The van der Waals surface area contributed by atoms with E-state index in [4.69, 9.17) is 25.8 Å². The molecule has 1 fully saturated rings. The van der Waals surface area contributed by atoms with Crippen LogP contribution in [-0.4, -0.2) is 38.7 Å². The fourth-order valence-corrected chi connectivity index (χ4v) is 5.16. The molecule has 0 spiro atoms. The van der Waals surface area contributed by atoms with Crippen LogP contribution in [0.1, 0.15) is 56.9 Å². The van der Waals surface area contributed by atoms with E-state index < -0.39 is 11.7 Å². The Hall–Kier alpha value is -3.26. The molecule has 0 heterocycles. The second-order valence-electron chi connectivity index (χ2n) is 9.60. The van der Waals surface area contributed by atoms with Crippen LogP contribution in [-0.2, 0) is 16.0 Å². The zero-order chi connectivity index (χ0) is 27.1. The van der Waals surface area contributed by atoms with Gasteiger partial charge < -0.3 is 24.8 Å². The summed E-state index contributed by atoms with van der Waals surface area (Å²) in [6.07, 6.45) is 7.17. The molecule has 204 valence electrons. The molecule has 2 aliphatic carbocycles. The maximum absolute atomic E-state index is 14.7. The second-order valence-corrected chi connectivity index (χ2v) is 10.0. The van der Waals surface area contributed by atoms with Crippen molar-refractivity contribution in [2.75, 3.05) is 26.1 Å². The predicted molar refractivity (Wildman–Crippen MR) is 145 cm³/mol. The zero-order valence-corrected chi connectivity index (χ0v) is 22.6. The minimum atomic E-state index is -0.653. The minimum absolute atomic E-state index is 0.0151. The number of anilines is 1. The van der Waals surface area contributed by atoms with Gasteiger partial charge >= 0.3 is 0 Å². The first-order valence-corrected chi connectivity index (χ1v) is 13.5. The third-order valence-electron chi connectivity index (χ3n) is 7.03. The summed E-state index contributed by atoms with van der Waals surface area (Å²) in [7, 11) is 3.15. The van der Waals surface area contributed by atoms with Gasteiger partial charge in [-0.3, -0.25) is 9.59 Å². The number of methoxy groups -OCH3 is 2. The molecule has 2 aromatic rings. The molecule has 38 heavy (non-hydrogen) atoms. The molecule has 2 aromatic carbocycles. The molecule has 2 N–H and O–H groups in total. The lowest BCUT2D eigenvalue weighted by molar-refractivity contribution is -0.119. The third-order valence-corrected chi connectivity index (χ3v) is 7.32. The van der Waals surface area contributed by atoms with Crippen molar-refractivity contribution in [3.05, 3.63) is 57.9 Å². The van der Waals surface area contributed by atoms with Gasteiger partial charge in [-0.1, -0.05) is 17.7 Å². The number of carbonyl (C=O) groups excluding carboxylic acids is 2. The van der Waals surface area contributed by atoms with Crippen LogP contribution in [0.25, 0.3) is 0 Å². The number of rotatable bonds is 10. The monoisotopic (exact) mass is 544 g/mol. The molecule has 2 amide bonds. The van der Waals surface area contributed by atoms with Crippen LogP contribution >= 0.6 is 11.6 Å². The molecule has 4 rings (SSSR count). The molecule has 1 saturated carbocycles. The summed E-state index contributed by atoms with van der Waals surface area (Å²) in [5.74, 6) is 0.189. The van der Waals surface area contributed by atoms with Gasteiger partial charge in [0.1, 0.15) is 11.6 Å². The van der Waals surface area contributed by atoms with Gasteiger partial charge in [0.15, 0.2) is 11.5 Å². The standard InChI is InChI=1S/C29H34ClFN2O5/c1-36-25-12-11-18(15-27(25)37-2)13-14-32-28(34)20-9-5-6-10-21(20)29(35)33-24-17-26(22(30)16-23(24)31)38-19-7-3-4-8-19/h11-12,15-17,19H,3-10,13-14H2,1-2H3,(H,32,34)(H,33,35). The van der Waals surface area contributed by atoms with E-state index in [1.807, 2.05) is 18.2 Å². The number of nitrogens with one attached hydrogen (secondary N) is 2. The van der Waals surface area contributed by atoms with E-state index in [9.17, 15) is 14.0 Å². The van der Waals surface area contributed by atoms with Crippen LogP contribution in [0.2, 0.25) is 5.02 Å². The molecule has 0 aliphatic heterocycles. The number of hydrogen-bond donors (Lipinski definition) is 2. The molecule has 0 atom stereocenters. The van der Waals surface area contributed by atoms with Gasteiger partial charge in [-0.15, -0.1) is 0 Å². The van der Waals surface area contributed by atoms with Gasteiger partial charge in [-0.05, 0) is 81.5 Å². The smallest absolute Gasteiger partial charge is 0.252 e. The second kappa shape index (κ2) is 13.0. The lowest BCUT2D eigenvalue weighted by Gasteiger charge is -2.20. The molecule has 2 aliphatic rings. The molecule has 9 heteroatoms. The Kier molecular flexibility index (Phi) is 9.50. The normalized spacial score (nSPS) is 15.8. The van der Waals surface area contributed by atoms with E-state index in [1.54, 1.807) is 14.2 Å². The number of halogens is 2. The maximum Gasteiger partial charge on any atom is 0.252 e. The highest BCUT2D eigenvalue weighted by Crippen LogP contribution is 2.35. The largest absolute Gasteiger partial charge is 0.493 e. The average molecular weight is 545 g/mol. The number of carbonyl (C=O) groups is 2. The number of hydrogen-bond acceptors (Lipinski definition) is 5. The van der Waals surface area contributed by atoms with Crippen molar-refractivity contribution in [2.45, 2.75) is 63.9 Å². The van der Waals surface area contributed by atoms with Crippen molar-refractivity contribution < 1.29 is 28.2 Å². The molecule has 0 aromatic heterocycles. The van der Waals surface area contributed by atoms with E-state index in [1.165, 1.54) is 6.07 Å². The summed E-state index contributed by atoms with van der Waals surface area (Å²) in [5.41, 5.74) is 1.79. The molecule has 0 radical (unpaired) electrons. The summed E-state index contributed by atoms with van der Waals surface area (Å²) in [6.45, 7) is 0.389. The third kappa shape index (κ3) is 6.78. The Morgan fingerprint density at radius 3 is 2.29 bits per heavy atom. The summed E-state index contributed by atoms with van der Waals surface area (Å²) < 4.78 is 31.2. The van der Waals surface area contributed by atoms with Gasteiger partial charge in [0.25, 0.3) is 5.91 Å². The Labute approximate surface area is 227 Å². The molecule has 0 saturated heterocycles. The van der Waals surface area contributed by atoms with E-state index in [0.29, 0.717) is 54.2 Å². The van der Waals surface area contributed by atoms with Crippen LogP contribution in [0.3, 0.4) is 0 Å². The first-order chi connectivity index (χ1) is 18.4. The average Bonchev–Trinajstić information content (AvgIpc) is 3.44. The number of benzene rings is 2. The first-order valence-electron chi connectivity index (χ1n) is 13.1. The van der Waals surface area contributed by atoms with Crippen molar-refractivity contribution in [1.29, 1.82) is 0 Å². The Bertz CT molecular complexity index is 1210. The van der Waals surface area contributed by atoms with E-state index in [-0.39, 0.29) is 22.7 Å². The van der Waals surface area contributed by atoms with Crippen molar-refractivity contribution in [3.8, 4) is 17.2 Å². The highest BCUT2D eigenvalue weighted by molar-refractivity contribution is 6.32. The lowest BCUT2D eigenvalue weighted by Crippen LogP contribution is -2.31. The Balaban J connectivity index is 1.42. The molecule has 7 nitrogen and oxygen atoms in total. The van der Waals surface area contributed by atoms with E-state index >= 15 is 0 Å². The topological polar surface area (TPSA) is 85.9 Å². The Morgan fingerprint density at radius 1 is 0.921 bits per heavy atom. The van der Waals surface area contributed by atoms with Gasteiger partial charge in [-0.25, -0.2) is 4.39 Å². The number of ether oxygens (including phenoxy) is 3. The van der Waals surface area contributed by atoms with Gasteiger partial charge in [0, 0.05) is 23.8 Å². The van der Waals surface area contributed by atoms with Crippen LogP contribution < -0.4 is 24.8 Å². The zero-order valence-electron chi connectivity index (χ0n) is 21.8. The number of amides is 2. The highest BCUT2D eigenvalue weighted by atomic mass is 35.5. The summed E-state index contributed by atoms with van der Waals surface area (Å²) in [5, 5.41) is 5.74. The Morgan fingerprint density at radius 2 is 1.61 bits per heavy atom. The molecular formula is C29H34ClFN2O5. The lowest BCUT2D eigenvalue weighted by atomic mass is 9.90. The summed E-state index contributed by atoms with van der Waals surface area (Å²) in [4.78, 5) is 26.2.